The van der Waals surface area contributed by atoms with Crippen molar-refractivity contribution in [1.29, 1.82) is 0 Å². The first-order valence-electron chi connectivity index (χ1n) is 4.98. The van der Waals surface area contributed by atoms with Crippen molar-refractivity contribution < 1.29 is 4.74 Å². The first-order valence-corrected chi connectivity index (χ1v) is 6.15. The van der Waals surface area contributed by atoms with E-state index in [4.69, 9.17) is 22.1 Å². The molecule has 3 N–H and O–H groups in total. The predicted molar refractivity (Wildman–Crippen MR) is 75.4 cm³/mol. The Morgan fingerprint density at radius 1 is 1.39 bits per heavy atom. The van der Waals surface area contributed by atoms with Gasteiger partial charge in [-0.3, -0.25) is 0 Å². The van der Waals surface area contributed by atoms with Crippen LogP contribution in [-0.4, -0.2) is 17.1 Å². The van der Waals surface area contributed by atoms with Crippen molar-refractivity contribution in [2.75, 3.05) is 18.2 Å². The first-order chi connectivity index (χ1) is 8.61. The minimum Gasteiger partial charge on any atom is -0.495 e. The summed E-state index contributed by atoms with van der Waals surface area (Å²) < 4.78 is 6.07. The Morgan fingerprint density at radius 2 is 2.17 bits per heavy atom. The summed E-state index contributed by atoms with van der Waals surface area (Å²) in [5, 5.41) is 3.27. The van der Waals surface area contributed by atoms with Crippen molar-refractivity contribution in [2.24, 2.45) is 0 Å². The fourth-order valence-corrected chi connectivity index (χ4v) is 1.89. The molecule has 1 heterocycles. The molecule has 0 saturated heterocycles. The highest BCUT2D eigenvalue weighted by Crippen LogP contribution is 2.31. The Morgan fingerprint density at radius 3 is 2.89 bits per heavy atom. The second-order valence-electron chi connectivity index (χ2n) is 3.40. The van der Waals surface area contributed by atoms with E-state index < -0.39 is 0 Å². The van der Waals surface area contributed by atoms with E-state index in [0.717, 1.165) is 10.2 Å². The second kappa shape index (κ2) is 5.41. The topological polar surface area (TPSA) is 73.1 Å². The van der Waals surface area contributed by atoms with Gasteiger partial charge in [0.1, 0.15) is 17.8 Å². The van der Waals surface area contributed by atoms with Gasteiger partial charge < -0.3 is 15.8 Å². The van der Waals surface area contributed by atoms with Crippen LogP contribution in [0.2, 0.25) is 5.15 Å². The van der Waals surface area contributed by atoms with E-state index >= 15 is 0 Å². The second-order valence-corrected chi connectivity index (χ2v) is 4.61. The highest BCUT2D eigenvalue weighted by atomic mass is 79.9. The molecule has 5 nitrogen and oxygen atoms in total. The van der Waals surface area contributed by atoms with Gasteiger partial charge in [0.2, 0.25) is 0 Å². The lowest BCUT2D eigenvalue weighted by Gasteiger charge is -2.10. The van der Waals surface area contributed by atoms with Gasteiger partial charge >= 0.3 is 0 Å². The van der Waals surface area contributed by atoms with Crippen LogP contribution in [0, 0.1) is 0 Å². The van der Waals surface area contributed by atoms with Crippen molar-refractivity contribution in [3.63, 3.8) is 0 Å². The number of hydrogen-bond acceptors (Lipinski definition) is 5. The van der Waals surface area contributed by atoms with Crippen LogP contribution in [0.15, 0.2) is 29.0 Å². The van der Waals surface area contributed by atoms with Gasteiger partial charge in [0.05, 0.1) is 11.6 Å². The molecule has 0 fully saturated rings. The van der Waals surface area contributed by atoms with E-state index in [0.29, 0.717) is 17.3 Å². The largest absolute Gasteiger partial charge is 0.495 e. The monoisotopic (exact) mass is 328 g/mol. The van der Waals surface area contributed by atoms with Crippen LogP contribution in [0.4, 0.5) is 17.2 Å². The SMILES string of the molecule is COc1cc(Nc2ncnc(Cl)c2N)ccc1Br. The standard InChI is InChI=1S/C11H10BrClN4O/c1-18-8-4-6(2-3-7(8)12)17-11-9(14)10(13)15-5-16-11/h2-5H,14H2,1H3,(H,15,16,17). The molecule has 0 amide bonds. The number of benzene rings is 1. The van der Waals surface area contributed by atoms with E-state index in [9.17, 15) is 0 Å². The van der Waals surface area contributed by atoms with Crippen LogP contribution >= 0.6 is 27.5 Å². The third-order valence-corrected chi connectivity index (χ3v) is 3.21. The quantitative estimate of drug-likeness (QED) is 0.846. The van der Waals surface area contributed by atoms with E-state index in [-0.39, 0.29) is 5.15 Å². The molecule has 0 aliphatic carbocycles. The summed E-state index contributed by atoms with van der Waals surface area (Å²) >= 11 is 9.19. The van der Waals surface area contributed by atoms with Crippen molar-refractivity contribution in [1.82, 2.24) is 9.97 Å². The molecule has 18 heavy (non-hydrogen) atoms. The normalized spacial score (nSPS) is 10.2. The maximum absolute atomic E-state index is 5.82. The number of nitrogens with one attached hydrogen (secondary N) is 1. The lowest BCUT2D eigenvalue weighted by molar-refractivity contribution is 0.412. The zero-order valence-electron chi connectivity index (χ0n) is 9.45. The molecular formula is C11H10BrClN4O. The van der Waals surface area contributed by atoms with Crippen LogP contribution in [-0.2, 0) is 0 Å². The summed E-state index contributed by atoms with van der Waals surface area (Å²) in [6, 6.07) is 5.54. The molecule has 0 aliphatic heterocycles. The third kappa shape index (κ3) is 2.65. The minimum atomic E-state index is 0.219. The molecule has 1 aromatic carbocycles. The Balaban J connectivity index is 2.31. The molecule has 2 aromatic rings. The lowest BCUT2D eigenvalue weighted by Crippen LogP contribution is -2.01. The summed E-state index contributed by atoms with van der Waals surface area (Å²) in [5.41, 5.74) is 6.87. The number of nitrogen functional groups attached to an aromatic ring is 1. The van der Waals surface area contributed by atoms with Crippen molar-refractivity contribution in [2.45, 2.75) is 0 Å². The van der Waals surface area contributed by atoms with Crippen molar-refractivity contribution in [3.05, 3.63) is 34.2 Å². The number of nitrogens with zero attached hydrogens (tertiary/aromatic N) is 2. The minimum absolute atomic E-state index is 0.219. The molecule has 0 atom stereocenters. The number of methoxy groups -OCH3 is 1. The molecule has 2 rings (SSSR count). The summed E-state index contributed by atoms with van der Waals surface area (Å²) in [6.07, 6.45) is 1.34. The molecule has 0 radical (unpaired) electrons. The predicted octanol–water partition coefficient (Wildman–Crippen LogP) is 3.23. The molecule has 94 valence electrons. The zero-order valence-corrected chi connectivity index (χ0v) is 11.8. The lowest BCUT2D eigenvalue weighted by atomic mass is 10.3. The molecular weight excluding hydrogens is 320 g/mol. The van der Waals surface area contributed by atoms with Crippen molar-refractivity contribution in [3.8, 4) is 5.75 Å². The van der Waals surface area contributed by atoms with E-state index in [2.05, 4.69) is 31.2 Å². The van der Waals surface area contributed by atoms with Gasteiger partial charge in [-0.1, -0.05) is 11.6 Å². The summed E-state index contributed by atoms with van der Waals surface area (Å²) in [6.45, 7) is 0. The summed E-state index contributed by atoms with van der Waals surface area (Å²) in [7, 11) is 1.60. The number of aromatic nitrogens is 2. The maximum atomic E-state index is 5.82. The maximum Gasteiger partial charge on any atom is 0.158 e. The smallest absolute Gasteiger partial charge is 0.158 e. The fraction of sp³-hybridized carbons (Fsp3) is 0.0909. The van der Waals surface area contributed by atoms with Gasteiger partial charge in [0.15, 0.2) is 11.0 Å². The van der Waals surface area contributed by atoms with Gasteiger partial charge in [0, 0.05) is 11.8 Å². The number of ether oxygens (including phenoxy) is 1. The molecule has 0 unspecified atom stereocenters. The van der Waals surface area contributed by atoms with Gasteiger partial charge in [-0.2, -0.15) is 0 Å². The van der Waals surface area contributed by atoms with Crippen molar-refractivity contribution >= 4 is 44.7 Å². The van der Waals surface area contributed by atoms with E-state index in [1.807, 2.05) is 18.2 Å². The molecule has 0 aliphatic rings. The molecule has 0 spiro atoms. The highest BCUT2D eigenvalue weighted by molar-refractivity contribution is 9.10. The zero-order chi connectivity index (χ0) is 13.1. The Labute approximate surface area is 117 Å². The van der Waals surface area contributed by atoms with E-state index in [1.165, 1.54) is 6.33 Å². The highest BCUT2D eigenvalue weighted by Gasteiger charge is 2.07. The Bertz CT molecular complexity index is 579. The van der Waals surface area contributed by atoms with Gasteiger partial charge in [-0.25, -0.2) is 9.97 Å². The van der Waals surface area contributed by atoms with Crippen LogP contribution in [0.3, 0.4) is 0 Å². The Hall–Kier alpha value is -1.53. The number of nitrogens with two attached hydrogens (primary N) is 1. The summed E-state index contributed by atoms with van der Waals surface area (Å²) in [4.78, 5) is 7.81. The average molecular weight is 330 g/mol. The molecule has 1 aromatic heterocycles. The van der Waals surface area contributed by atoms with Gasteiger partial charge in [-0.05, 0) is 28.1 Å². The Kier molecular flexibility index (Phi) is 3.88. The van der Waals surface area contributed by atoms with Crippen LogP contribution in [0.1, 0.15) is 0 Å². The van der Waals surface area contributed by atoms with Crippen LogP contribution in [0.25, 0.3) is 0 Å². The van der Waals surface area contributed by atoms with Crippen LogP contribution in [0.5, 0.6) is 5.75 Å². The van der Waals surface area contributed by atoms with Crippen LogP contribution < -0.4 is 15.8 Å². The number of anilines is 3. The number of rotatable bonds is 3. The van der Waals surface area contributed by atoms with Gasteiger partial charge in [0.25, 0.3) is 0 Å². The summed E-state index contributed by atoms with van der Waals surface area (Å²) in [5.74, 6) is 1.16. The third-order valence-electron chi connectivity index (χ3n) is 2.25. The average Bonchev–Trinajstić information content (AvgIpc) is 2.37. The number of hydrogen-bond donors (Lipinski definition) is 2. The van der Waals surface area contributed by atoms with Gasteiger partial charge in [-0.15, -0.1) is 0 Å². The molecule has 7 heteroatoms. The fourth-order valence-electron chi connectivity index (χ4n) is 1.35. The first kappa shape index (κ1) is 12.9. The molecule has 0 bridgehead atoms. The number of halogens is 2. The molecule has 0 saturated carbocycles. The van der Waals surface area contributed by atoms with E-state index in [1.54, 1.807) is 7.11 Å².